The molecule has 0 bridgehead atoms. The van der Waals surface area contributed by atoms with Crippen molar-refractivity contribution in [2.24, 2.45) is 5.10 Å². The number of rotatable bonds is 10. The van der Waals surface area contributed by atoms with Crippen LogP contribution in [-0.2, 0) is 9.53 Å². The predicted octanol–water partition coefficient (Wildman–Crippen LogP) is 0.497. The lowest BCUT2D eigenvalue weighted by atomic mass is 9.97. The molecule has 188 valence electrons. The van der Waals surface area contributed by atoms with Crippen molar-refractivity contribution in [3.05, 3.63) is 65.7 Å². The molecule has 0 aromatic heterocycles. The van der Waals surface area contributed by atoms with Gasteiger partial charge in [0.25, 0.3) is 5.91 Å². The third-order valence-corrected chi connectivity index (χ3v) is 7.55. The molecule has 1 heterocycles. The highest BCUT2D eigenvalue weighted by molar-refractivity contribution is 8.76. The third kappa shape index (κ3) is 7.77. The minimum absolute atomic E-state index is 0.0938. The summed E-state index contributed by atoms with van der Waals surface area (Å²) in [5, 5.41) is 45.6. The first-order valence-corrected chi connectivity index (χ1v) is 13.1. The topological polar surface area (TPSA) is 161 Å². The van der Waals surface area contributed by atoms with Gasteiger partial charge in [-0.25, -0.2) is 5.43 Å². The predicted molar refractivity (Wildman–Crippen MR) is 133 cm³/mol. The number of carbonyl (C=O) groups excluding carboxylic acids is 2. The minimum atomic E-state index is -1.55. The lowest BCUT2D eigenvalue weighted by Gasteiger charge is -2.40. The average molecular weight is 522 g/mol. The molecule has 1 fully saturated rings. The molecule has 2 amide bonds. The summed E-state index contributed by atoms with van der Waals surface area (Å²) in [6, 6.07) is 15.0. The molecule has 1 aliphatic heterocycles. The first kappa shape index (κ1) is 27.1. The van der Waals surface area contributed by atoms with E-state index in [0.717, 1.165) is 10.5 Å². The van der Waals surface area contributed by atoms with E-state index in [4.69, 9.17) is 9.84 Å². The van der Waals surface area contributed by atoms with E-state index in [1.807, 2.05) is 30.3 Å². The first-order chi connectivity index (χ1) is 16.9. The summed E-state index contributed by atoms with van der Waals surface area (Å²) >= 11 is 0. The van der Waals surface area contributed by atoms with Gasteiger partial charge in [0.2, 0.25) is 5.91 Å². The fourth-order valence-corrected chi connectivity index (χ4v) is 5.39. The summed E-state index contributed by atoms with van der Waals surface area (Å²) in [5.41, 5.74) is 3.79. The normalized spacial score (nSPS) is 24.3. The fraction of sp³-hybridized carbons (Fsp3) is 0.348. The Morgan fingerprint density at radius 1 is 1.03 bits per heavy atom. The van der Waals surface area contributed by atoms with Crippen LogP contribution in [0.1, 0.15) is 22.3 Å². The maximum absolute atomic E-state index is 12.3. The number of amides is 2. The van der Waals surface area contributed by atoms with Crippen LogP contribution in [0.25, 0.3) is 0 Å². The van der Waals surface area contributed by atoms with Crippen LogP contribution in [0.5, 0.6) is 0 Å². The van der Waals surface area contributed by atoms with Gasteiger partial charge in [-0.15, -0.1) is 0 Å². The number of hydrazone groups is 1. The van der Waals surface area contributed by atoms with Crippen molar-refractivity contribution in [1.29, 1.82) is 0 Å². The largest absolute Gasteiger partial charge is 0.394 e. The molecule has 2 aromatic rings. The quantitative estimate of drug-likeness (QED) is 0.113. The molecule has 0 spiro atoms. The molecule has 0 saturated carbocycles. The Balaban J connectivity index is 1.44. The van der Waals surface area contributed by atoms with E-state index in [2.05, 4.69) is 15.8 Å². The highest BCUT2D eigenvalue weighted by Crippen LogP contribution is 2.33. The Morgan fingerprint density at radius 2 is 1.74 bits per heavy atom. The number of carbonyl (C=O) groups is 2. The third-order valence-electron chi connectivity index (χ3n) is 5.11. The van der Waals surface area contributed by atoms with Gasteiger partial charge in [0.05, 0.1) is 12.8 Å². The second-order valence-electron chi connectivity index (χ2n) is 7.58. The van der Waals surface area contributed by atoms with Gasteiger partial charge in [0.1, 0.15) is 24.4 Å². The van der Waals surface area contributed by atoms with E-state index in [-0.39, 0.29) is 12.3 Å². The summed E-state index contributed by atoms with van der Waals surface area (Å²) in [6.45, 7) is -0.574. The maximum Gasteiger partial charge on any atom is 0.271 e. The van der Waals surface area contributed by atoms with E-state index >= 15 is 0 Å². The van der Waals surface area contributed by atoms with Gasteiger partial charge >= 0.3 is 0 Å². The summed E-state index contributed by atoms with van der Waals surface area (Å²) < 4.78 is 5.03. The minimum Gasteiger partial charge on any atom is -0.394 e. The van der Waals surface area contributed by atoms with Crippen molar-refractivity contribution in [1.82, 2.24) is 10.7 Å². The highest BCUT2D eigenvalue weighted by Gasteiger charge is 2.44. The summed E-state index contributed by atoms with van der Waals surface area (Å²) in [6.07, 6.45) is -3.95. The van der Waals surface area contributed by atoms with Crippen molar-refractivity contribution < 1.29 is 34.8 Å². The molecule has 1 unspecified atom stereocenters. The Hall–Kier alpha value is -2.45. The van der Waals surface area contributed by atoms with Gasteiger partial charge in [0, 0.05) is 28.2 Å². The van der Waals surface area contributed by atoms with Crippen LogP contribution in [0.15, 0.2) is 64.6 Å². The van der Waals surface area contributed by atoms with Crippen LogP contribution in [0.3, 0.4) is 0 Å². The Kier molecular flexibility index (Phi) is 10.5. The zero-order valence-electron chi connectivity index (χ0n) is 18.6. The van der Waals surface area contributed by atoms with E-state index in [1.54, 1.807) is 30.5 Å². The number of ether oxygens (including phenoxy) is 1. The van der Waals surface area contributed by atoms with Crippen molar-refractivity contribution in [3.8, 4) is 0 Å². The Morgan fingerprint density at radius 3 is 2.49 bits per heavy atom. The van der Waals surface area contributed by atoms with Crippen LogP contribution in [-0.4, -0.2) is 81.5 Å². The Labute approximate surface area is 210 Å². The molecule has 2 aromatic carbocycles. The molecule has 0 aliphatic carbocycles. The van der Waals surface area contributed by atoms with Crippen molar-refractivity contribution in [3.63, 3.8) is 0 Å². The van der Waals surface area contributed by atoms with Gasteiger partial charge in [-0.1, -0.05) is 58.0 Å². The second-order valence-corrected chi connectivity index (χ2v) is 10.0. The zero-order chi connectivity index (χ0) is 25.2. The number of nitrogens with zero attached hydrogens (tertiary/aromatic N) is 1. The van der Waals surface area contributed by atoms with E-state index in [1.165, 1.54) is 21.6 Å². The van der Waals surface area contributed by atoms with Crippen LogP contribution < -0.4 is 10.7 Å². The second kappa shape index (κ2) is 13.6. The van der Waals surface area contributed by atoms with E-state index in [0.29, 0.717) is 11.3 Å². The SMILES string of the molecule is O=C(CCSSc1ccccc1/C=N/NC(=O)c1ccccc1)N[C@H]1C(O)O[C@H](CO)[C@@H](O)[C@@H]1O. The van der Waals surface area contributed by atoms with Gasteiger partial charge in [0.15, 0.2) is 6.29 Å². The van der Waals surface area contributed by atoms with Crippen molar-refractivity contribution >= 4 is 39.6 Å². The Bertz CT molecular complexity index is 1010. The fourth-order valence-electron chi connectivity index (χ4n) is 3.23. The highest BCUT2D eigenvalue weighted by atomic mass is 33.1. The summed E-state index contributed by atoms with van der Waals surface area (Å²) in [5.74, 6) is -0.322. The maximum atomic E-state index is 12.3. The van der Waals surface area contributed by atoms with Gasteiger partial charge in [-0.3, -0.25) is 9.59 Å². The zero-order valence-corrected chi connectivity index (χ0v) is 20.2. The molecule has 5 atom stereocenters. The standard InChI is InChI=1S/C23H27N3O7S2/c27-13-16-20(29)21(30)19(23(32)33-16)25-18(28)10-11-34-35-17-9-5-4-8-15(17)12-24-26-22(31)14-6-2-1-3-7-14/h1-9,12,16,19-21,23,27,29-30,32H,10-11,13H2,(H,25,28)(H,26,31)/b24-12+/t16-,19-,20-,21-,23?/m1/s1. The molecule has 6 N–H and O–H groups in total. The summed E-state index contributed by atoms with van der Waals surface area (Å²) in [4.78, 5) is 25.2. The smallest absolute Gasteiger partial charge is 0.271 e. The van der Waals surface area contributed by atoms with Gasteiger partial charge in [-0.05, 0) is 18.2 Å². The number of hydrogen-bond acceptors (Lipinski definition) is 10. The molecule has 35 heavy (non-hydrogen) atoms. The summed E-state index contributed by atoms with van der Waals surface area (Å²) in [7, 11) is 2.86. The van der Waals surface area contributed by atoms with Crippen molar-refractivity contribution in [2.75, 3.05) is 12.4 Å². The van der Waals surface area contributed by atoms with Gasteiger partial charge < -0.3 is 30.5 Å². The van der Waals surface area contributed by atoms with E-state index < -0.39 is 43.2 Å². The molecule has 1 aliphatic rings. The molecule has 1 saturated heterocycles. The van der Waals surface area contributed by atoms with Crippen molar-refractivity contribution in [2.45, 2.75) is 42.0 Å². The molecular formula is C23H27N3O7S2. The van der Waals surface area contributed by atoms with Gasteiger partial charge in [-0.2, -0.15) is 5.10 Å². The van der Waals surface area contributed by atoms with Crippen LogP contribution >= 0.6 is 21.6 Å². The van der Waals surface area contributed by atoms with E-state index in [9.17, 15) is 24.9 Å². The molecule has 10 nitrogen and oxygen atoms in total. The number of nitrogens with one attached hydrogen (secondary N) is 2. The number of aliphatic hydroxyl groups is 4. The first-order valence-electron chi connectivity index (χ1n) is 10.8. The molecule has 12 heteroatoms. The lowest BCUT2D eigenvalue weighted by molar-refractivity contribution is -0.253. The lowest BCUT2D eigenvalue weighted by Crippen LogP contribution is -2.64. The monoisotopic (exact) mass is 521 g/mol. The average Bonchev–Trinajstić information content (AvgIpc) is 2.87. The number of hydrogen-bond donors (Lipinski definition) is 6. The molecule has 0 radical (unpaired) electrons. The molecular weight excluding hydrogens is 494 g/mol. The van der Waals surface area contributed by atoms with Crippen LogP contribution in [0, 0.1) is 0 Å². The molecule has 3 rings (SSSR count). The number of aliphatic hydroxyl groups excluding tert-OH is 4. The van der Waals surface area contributed by atoms with Crippen LogP contribution in [0.2, 0.25) is 0 Å². The van der Waals surface area contributed by atoms with Crippen LogP contribution in [0.4, 0.5) is 0 Å². The number of benzene rings is 2.